The Labute approximate surface area is 216 Å². The maximum Gasteiger partial charge on any atom is 0.266 e. The number of hydrogen-bond acceptors (Lipinski definition) is 6. The average Bonchev–Trinajstić information content (AvgIpc) is 3.60. The van der Waals surface area contributed by atoms with Crippen LogP contribution in [-0.2, 0) is 11.3 Å². The molecule has 6 rings (SSSR count). The van der Waals surface area contributed by atoms with Crippen molar-refractivity contribution in [3.8, 4) is 6.07 Å². The SMILES string of the molecule is N#CC1(C(=O)N2CCN(c3ccc4c(c3)c(NCc3cccc(C(F)F)c3F)nn3ccnc43)CC2)CC1. The molecule has 0 atom stereocenters. The summed E-state index contributed by atoms with van der Waals surface area (Å²) in [5, 5.41) is 18.7. The number of carbonyl (C=O) groups excluding carboxylic acids is 1. The summed E-state index contributed by atoms with van der Waals surface area (Å²) in [6.45, 7) is 2.27. The third kappa shape index (κ3) is 4.06. The molecule has 38 heavy (non-hydrogen) atoms. The van der Waals surface area contributed by atoms with Crippen LogP contribution in [-0.4, -0.2) is 51.6 Å². The number of benzene rings is 2. The van der Waals surface area contributed by atoms with Crippen molar-refractivity contribution in [1.29, 1.82) is 5.26 Å². The molecule has 0 radical (unpaired) electrons. The number of halogens is 3. The Hall–Kier alpha value is -4.33. The summed E-state index contributed by atoms with van der Waals surface area (Å²) in [5.74, 6) is -0.535. The highest BCUT2D eigenvalue weighted by Crippen LogP contribution is 2.46. The number of carbonyl (C=O) groups is 1. The maximum atomic E-state index is 14.6. The molecule has 8 nitrogen and oxygen atoms in total. The Balaban J connectivity index is 1.27. The molecule has 2 aliphatic rings. The second kappa shape index (κ2) is 9.20. The smallest absolute Gasteiger partial charge is 0.266 e. The van der Waals surface area contributed by atoms with E-state index in [1.54, 1.807) is 21.8 Å². The van der Waals surface area contributed by atoms with E-state index in [1.807, 2.05) is 18.2 Å². The fraction of sp³-hybridized carbons (Fsp3) is 0.333. The van der Waals surface area contributed by atoms with E-state index in [0.29, 0.717) is 50.5 Å². The molecular weight excluding hydrogens is 495 g/mol. The monoisotopic (exact) mass is 519 g/mol. The highest BCUT2D eigenvalue weighted by molar-refractivity contribution is 6.01. The van der Waals surface area contributed by atoms with Crippen LogP contribution in [0.3, 0.4) is 0 Å². The molecule has 1 saturated heterocycles. The number of nitrogens with zero attached hydrogens (tertiary/aromatic N) is 6. The Morgan fingerprint density at radius 2 is 1.92 bits per heavy atom. The van der Waals surface area contributed by atoms with E-state index in [1.165, 1.54) is 12.1 Å². The number of rotatable bonds is 6. The van der Waals surface area contributed by atoms with Gasteiger partial charge in [-0.2, -0.15) is 5.26 Å². The van der Waals surface area contributed by atoms with Gasteiger partial charge in [0, 0.05) is 67.1 Å². The standard InChI is InChI=1S/C27H24F3N7O/c28-22-17(2-1-3-20(22)23(29)30)15-33-24-21-14-18(4-5-19(21)25-32-8-9-37(25)34-24)35-10-12-36(13-11-35)26(38)27(16-31)6-7-27/h1-5,8-9,14,23H,6-7,10-13,15H2,(H,33,34). The zero-order chi connectivity index (χ0) is 26.4. The molecule has 1 N–H and O–H groups in total. The van der Waals surface area contributed by atoms with Crippen LogP contribution < -0.4 is 10.2 Å². The van der Waals surface area contributed by atoms with Crippen molar-refractivity contribution < 1.29 is 18.0 Å². The number of hydrogen-bond donors (Lipinski definition) is 1. The molecule has 1 aliphatic heterocycles. The lowest BCUT2D eigenvalue weighted by molar-refractivity contribution is -0.135. The second-order valence-electron chi connectivity index (χ2n) is 9.72. The Morgan fingerprint density at radius 3 is 2.63 bits per heavy atom. The van der Waals surface area contributed by atoms with Gasteiger partial charge in [0.25, 0.3) is 6.43 Å². The van der Waals surface area contributed by atoms with Crippen LogP contribution in [0.4, 0.5) is 24.7 Å². The molecule has 0 spiro atoms. The van der Waals surface area contributed by atoms with E-state index in [0.717, 1.165) is 22.5 Å². The molecule has 0 unspecified atom stereocenters. The van der Waals surface area contributed by atoms with Crippen LogP contribution in [0.25, 0.3) is 16.4 Å². The molecule has 194 valence electrons. The van der Waals surface area contributed by atoms with E-state index >= 15 is 0 Å². The fourth-order valence-corrected chi connectivity index (χ4v) is 5.04. The van der Waals surface area contributed by atoms with Crippen molar-refractivity contribution in [2.24, 2.45) is 5.41 Å². The first-order chi connectivity index (χ1) is 18.4. The average molecular weight is 520 g/mol. The van der Waals surface area contributed by atoms with Crippen LogP contribution >= 0.6 is 0 Å². The van der Waals surface area contributed by atoms with Gasteiger partial charge in [-0.25, -0.2) is 22.7 Å². The molecule has 11 heteroatoms. The van der Waals surface area contributed by atoms with Gasteiger partial charge < -0.3 is 15.1 Å². The van der Waals surface area contributed by atoms with Gasteiger partial charge in [-0.15, -0.1) is 5.10 Å². The lowest BCUT2D eigenvalue weighted by Crippen LogP contribution is -2.50. The topological polar surface area (TPSA) is 89.6 Å². The van der Waals surface area contributed by atoms with Gasteiger partial charge in [0.05, 0.1) is 11.6 Å². The van der Waals surface area contributed by atoms with Gasteiger partial charge in [0.1, 0.15) is 11.2 Å². The van der Waals surface area contributed by atoms with Crippen molar-refractivity contribution >= 4 is 33.8 Å². The van der Waals surface area contributed by atoms with E-state index in [4.69, 9.17) is 0 Å². The number of alkyl halides is 2. The van der Waals surface area contributed by atoms with E-state index in [9.17, 15) is 23.2 Å². The highest BCUT2D eigenvalue weighted by atomic mass is 19.3. The number of fused-ring (bicyclic) bond motifs is 3. The van der Waals surface area contributed by atoms with Crippen LogP contribution in [0.15, 0.2) is 48.8 Å². The van der Waals surface area contributed by atoms with Crippen LogP contribution in [0.5, 0.6) is 0 Å². The largest absolute Gasteiger partial charge is 0.368 e. The van der Waals surface area contributed by atoms with Crippen molar-refractivity contribution in [3.05, 3.63) is 65.7 Å². The predicted molar refractivity (Wildman–Crippen MR) is 135 cm³/mol. The van der Waals surface area contributed by atoms with Crippen LogP contribution in [0.2, 0.25) is 0 Å². The normalized spacial score (nSPS) is 16.7. The number of piperazine rings is 1. The lowest BCUT2D eigenvalue weighted by atomic mass is 10.1. The van der Waals surface area contributed by atoms with E-state index < -0.39 is 23.2 Å². The quantitative estimate of drug-likeness (QED) is 0.403. The Morgan fingerprint density at radius 1 is 1.13 bits per heavy atom. The molecule has 1 amide bonds. The molecule has 2 aromatic heterocycles. The minimum atomic E-state index is -2.90. The molecule has 2 aromatic carbocycles. The molecule has 1 aliphatic carbocycles. The summed E-state index contributed by atoms with van der Waals surface area (Å²) in [4.78, 5) is 21.1. The summed E-state index contributed by atoms with van der Waals surface area (Å²) in [6.07, 6.45) is 1.71. The Kier molecular flexibility index (Phi) is 5.82. The number of aromatic nitrogens is 3. The summed E-state index contributed by atoms with van der Waals surface area (Å²) in [6, 6.07) is 12.1. The zero-order valence-electron chi connectivity index (χ0n) is 20.4. The fourth-order valence-electron chi connectivity index (χ4n) is 5.04. The first-order valence-electron chi connectivity index (χ1n) is 12.4. The van der Waals surface area contributed by atoms with Gasteiger partial charge in [0.2, 0.25) is 5.91 Å². The Bertz CT molecular complexity index is 1580. The highest BCUT2D eigenvalue weighted by Gasteiger charge is 2.52. The first kappa shape index (κ1) is 24.0. The minimum Gasteiger partial charge on any atom is -0.368 e. The van der Waals surface area contributed by atoms with Crippen molar-refractivity contribution in [2.75, 3.05) is 36.4 Å². The van der Waals surface area contributed by atoms with Gasteiger partial charge in [0.15, 0.2) is 11.5 Å². The molecule has 1 saturated carbocycles. The number of imidazole rings is 1. The van der Waals surface area contributed by atoms with Gasteiger partial charge in [-0.05, 0) is 31.0 Å². The van der Waals surface area contributed by atoms with Gasteiger partial charge in [-0.3, -0.25) is 4.79 Å². The van der Waals surface area contributed by atoms with E-state index in [2.05, 4.69) is 26.4 Å². The van der Waals surface area contributed by atoms with Crippen LogP contribution in [0.1, 0.15) is 30.4 Å². The van der Waals surface area contributed by atoms with Gasteiger partial charge in [-0.1, -0.05) is 18.2 Å². The van der Waals surface area contributed by atoms with Crippen molar-refractivity contribution in [2.45, 2.75) is 25.8 Å². The summed E-state index contributed by atoms with van der Waals surface area (Å²) in [5.41, 5.74) is 0.254. The minimum absolute atomic E-state index is 0.0274. The van der Waals surface area contributed by atoms with Gasteiger partial charge >= 0.3 is 0 Å². The summed E-state index contributed by atoms with van der Waals surface area (Å²) in [7, 11) is 0. The maximum absolute atomic E-state index is 14.6. The number of nitrogens with one attached hydrogen (secondary N) is 1. The number of anilines is 2. The molecule has 4 aromatic rings. The summed E-state index contributed by atoms with van der Waals surface area (Å²) < 4.78 is 42.6. The lowest BCUT2D eigenvalue weighted by Gasteiger charge is -2.37. The van der Waals surface area contributed by atoms with Crippen molar-refractivity contribution in [1.82, 2.24) is 19.5 Å². The number of nitriles is 1. The molecule has 0 bridgehead atoms. The summed E-state index contributed by atoms with van der Waals surface area (Å²) >= 11 is 0. The van der Waals surface area contributed by atoms with Crippen molar-refractivity contribution in [3.63, 3.8) is 0 Å². The molecular formula is C27H24F3N7O. The molecule has 2 fully saturated rings. The third-order valence-electron chi connectivity index (χ3n) is 7.42. The van der Waals surface area contributed by atoms with E-state index in [-0.39, 0.29) is 18.0 Å². The molecule has 3 heterocycles. The second-order valence-corrected chi connectivity index (χ2v) is 9.72. The predicted octanol–water partition coefficient (Wildman–Crippen LogP) is 4.52. The first-order valence-corrected chi connectivity index (χ1v) is 12.4. The number of amides is 1. The zero-order valence-corrected chi connectivity index (χ0v) is 20.4. The van der Waals surface area contributed by atoms with Crippen LogP contribution in [0, 0.1) is 22.6 Å². The third-order valence-corrected chi connectivity index (χ3v) is 7.42.